The average molecular weight is 732 g/mol. The summed E-state index contributed by atoms with van der Waals surface area (Å²) in [4.78, 5) is 31.9. The van der Waals surface area contributed by atoms with Crippen molar-refractivity contribution in [3.05, 3.63) is 79.6 Å². The van der Waals surface area contributed by atoms with Gasteiger partial charge in [0.15, 0.2) is 4.80 Å². The number of thiazole rings is 1. The van der Waals surface area contributed by atoms with E-state index in [1.165, 1.54) is 23.0 Å². The van der Waals surface area contributed by atoms with Gasteiger partial charge in [-0.2, -0.15) is 0 Å². The largest absolute Gasteiger partial charge is 0.506 e. The fraction of sp³-hybridized carbons (Fsp3) is 0.240. The molecule has 0 saturated heterocycles. The molecule has 0 radical (unpaired) electrons. The predicted octanol–water partition coefficient (Wildman–Crippen LogP) is 3.73. The summed E-state index contributed by atoms with van der Waals surface area (Å²) >= 11 is 5.40. The molecule has 8 nitrogen and oxygen atoms in total. The first-order valence-corrected chi connectivity index (χ1v) is 13.8. The van der Waals surface area contributed by atoms with Gasteiger partial charge in [0, 0.05) is 20.8 Å². The molecule has 11 heteroatoms. The number of phenols is 1. The lowest BCUT2D eigenvalue weighted by molar-refractivity contribution is -0.139. The highest BCUT2D eigenvalue weighted by Crippen LogP contribution is 2.37. The summed E-state index contributed by atoms with van der Waals surface area (Å²) in [7, 11) is 3.07. The molecule has 0 amide bonds. The Kier molecular flexibility index (Phi) is 8.09. The van der Waals surface area contributed by atoms with Crippen molar-refractivity contribution in [1.82, 2.24) is 4.57 Å². The molecule has 4 rings (SSSR count). The van der Waals surface area contributed by atoms with Crippen LogP contribution in [0.15, 0.2) is 51.4 Å². The summed E-state index contributed by atoms with van der Waals surface area (Å²) in [6.07, 6.45) is 1.65. The first kappa shape index (κ1) is 26.7. The maximum Gasteiger partial charge on any atom is 0.338 e. The van der Waals surface area contributed by atoms with Gasteiger partial charge in [0.25, 0.3) is 5.56 Å². The van der Waals surface area contributed by atoms with E-state index in [0.29, 0.717) is 41.2 Å². The van der Waals surface area contributed by atoms with Gasteiger partial charge < -0.3 is 19.3 Å². The Labute approximate surface area is 238 Å². The van der Waals surface area contributed by atoms with Gasteiger partial charge in [-0.15, -0.1) is 0 Å². The summed E-state index contributed by atoms with van der Waals surface area (Å²) in [6.45, 7) is 3.62. The fourth-order valence-corrected chi connectivity index (χ4v) is 6.89. The second kappa shape index (κ2) is 10.9. The standard InChI is InChI=1S/C25H22I2N2O6S/c1-5-35-24(32)20-12(2)28-25-29(21(20)16-7-6-15(33-3)11-18(16)34-4)23(31)19(36-25)9-13-8-14(26)10-17(27)22(13)30/h6-11,21,30H,5H2,1-4H3/b19-9-/t21-/m1/s1. The summed E-state index contributed by atoms with van der Waals surface area (Å²) in [5.74, 6) is 0.569. The molecule has 1 N–H and O–H groups in total. The highest BCUT2D eigenvalue weighted by Gasteiger charge is 2.35. The Morgan fingerprint density at radius 1 is 1.22 bits per heavy atom. The van der Waals surface area contributed by atoms with Crippen LogP contribution in [0.3, 0.4) is 0 Å². The van der Waals surface area contributed by atoms with Crippen molar-refractivity contribution in [3.8, 4) is 17.2 Å². The van der Waals surface area contributed by atoms with Crippen LogP contribution in [0.4, 0.5) is 0 Å². The molecule has 0 aliphatic carbocycles. The molecule has 1 aliphatic rings. The van der Waals surface area contributed by atoms with Crippen LogP contribution < -0.4 is 24.4 Å². The molecule has 1 aliphatic heterocycles. The number of phenolic OH excluding ortho intramolecular Hbond substituents is 1. The Hall–Kier alpha value is -2.39. The molecule has 2 aromatic carbocycles. The van der Waals surface area contributed by atoms with Crippen molar-refractivity contribution in [2.45, 2.75) is 19.9 Å². The third-order valence-corrected chi connectivity index (χ3v) is 8.02. The van der Waals surface area contributed by atoms with Crippen LogP contribution in [-0.4, -0.2) is 36.5 Å². The predicted molar refractivity (Wildman–Crippen MR) is 153 cm³/mol. The van der Waals surface area contributed by atoms with Crippen LogP contribution in [0, 0.1) is 7.14 Å². The third kappa shape index (κ3) is 4.92. The van der Waals surface area contributed by atoms with Gasteiger partial charge in [0.2, 0.25) is 0 Å². The van der Waals surface area contributed by atoms with Gasteiger partial charge in [-0.3, -0.25) is 9.36 Å². The van der Waals surface area contributed by atoms with Crippen LogP contribution in [0.1, 0.15) is 31.0 Å². The molecule has 0 bridgehead atoms. The van der Waals surface area contributed by atoms with Crippen molar-refractivity contribution < 1.29 is 24.1 Å². The maximum atomic E-state index is 13.8. The lowest BCUT2D eigenvalue weighted by Gasteiger charge is -2.26. The van der Waals surface area contributed by atoms with Crippen molar-refractivity contribution in [1.29, 1.82) is 0 Å². The number of nitrogens with zero attached hydrogens (tertiary/aromatic N) is 2. The minimum atomic E-state index is -0.826. The summed E-state index contributed by atoms with van der Waals surface area (Å²) in [5.41, 5.74) is 1.48. The average Bonchev–Trinajstić information content (AvgIpc) is 3.15. The number of aromatic nitrogens is 1. The molecule has 0 saturated carbocycles. The van der Waals surface area contributed by atoms with Gasteiger partial charge in [0.1, 0.15) is 23.3 Å². The topological polar surface area (TPSA) is 99.4 Å². The number of halogens is 2. The number of allylic oxidation sites excluding steroid dienone is 1. The number of carbonyl (C=O) groups is 1. The van der Waals surface area contributed by atoms with E-state index in [1.807, 2.05) is 6.07 Å². The Bertz CT molecular complexity index is 1570. The highest BCUT2D eigenvalue weighted by molar-refractivity contribution is 14.1. The van der Waals surface area contributed by atoms with E-state index in [-0.39, 0.29) is 23.5 Å². The summed E-state index contributed by atoms with van der Waals surface area (Å²) in [6, 6.07) is 8.04. The van der Waals surface area contributed by atoms with E-state index in [1.54, 1.807) is 51.3 Å². The molecule has 0 fully saturated rings. The molecule has 3 aromatic rings. The van der Waals surface area contributed by atoms with E-state index >= 15 is 0 Å². The van der Waals surface area contributed by atoms with Crippen LogP contribution >= 0.6 is 56.5 Å². The number of benzene rings is 2. The first-order valence-electron chi connectivity index (χ1n) is 10.8. The molecule has 2 heterocycles. The third-order valence-electron chi connectivity index (χ3n) is 5.60. The van der Waals surface area contributed by atoms with Crippen LogP contribution in [0.2, 0.25) is 0 Å². The minimum absolute atomic E-state index is 0.0959. The fourth-order valence-electron chi connectivity index (χ4n) is 3.97. The quantitative estimate of drug-likeness (QED) is 0.307. The Morgan fingerprint density at radius 2 is 1.97 bits per heavy atom. The summed E-state index contributed by atoms with van der Waals surface area (Å²) in [5, 5.41) is 10.6. The molecular formula is C25H22I2N2O6S. The van der Waals surface area contributed by atoms with Gasteiger partial charge in [-0.25, -0.2) is 9.79 Å². The molecule has 1 atom stereocenters. The van der Waals surface area contributed by atoms with Crippen molar-refractivity contribution in [2.75, 3.05) is 20.8 Å². The number of carbonyl (C=O) groups excluding carboxylic acids is 1. The Morgan fingerprint density at radius 3 is 2.64 bits per heavy atom. The zero-order valence-corrected chi connectivity index (χ0v) is 24.9. The number of rotatable bonds is 6. The molecule has 36 heavy (non-hydrogen) atoms. The highest BCUT2D eigenvalue weighted by atomic mass is 127. The van der Waals surface area contributed by atoms with E-state index < -0.39 is 12.0 Å². The number of fused-ring (bicyclic) bond motifs is 1. The monoisotopic (exact) mass is 732 g/mol. The summed E-state index contributed by atoms with van der Waals surface area (Å²) < 4.78 is 19.8. The van der Waals surface area contributed by atoms with Crippen LogP contribution in [0.25, 0.3) is 6.08 Å². The number of methoxy groups -OCH3 is 2. The second-order valence-electron chi connectivity index (χ2n) is 7.74. The van der Waals surface area contributed by atoms with E-state index in [4.69, 9.17) is 14.2 Å². The lowest BCUT2D eigenvalue weighted by Crippen LogP contribution is -2.40. The van der Waals surface area contributed by atoms with Crippen molar-refractivity contribution in [3.63, 3.8) is 0 Å². The van der Waals surface area contributed by atoms with Crippen molar-refractivity contribution >= 4 is 68.6 Å². The number of hydrogen-bond donors (Lipinski definition) is 1. The molecule has 1 aromatic heterocycles. The normalized spacial score (nSPS) is 15.4. The number of aromatic hydroxyl groups is 1. The zero-order chi connectivity index (χ0) is 26.1. The number of ether oxygens (including phenoxy) is 3. The smallest absolute Gasteiger partial charge is 0.338 e. The maximum absolute atomic E-state index is 13.8. The zero-order valence-electron chi connectivity index (χ0n) is 19.8. The molecular weight excluding hydrogens is 710 g/mol. The van der Waals surface area contributed by atoms with E-state index in [2.05, 4.69) is 50.2 Å². The number of esters is 1. The van der Waals surface area contributed by atoms with Crippen LogP contribution in [0.5, 0.6) is 17.2 Å². The Balaban J connectivity index is 2.02. The molecule has 0 unspecified atom stereocenters. The van der Waals surface area contributed by atoms with Gasteiger partial charge in [0.05, 0.1) is 40.2 Å². The van der Waals surface area contributed by atoms with Gasteiger partial charge >= 0.3 is 5.97 Å². The number of hydrogen-bond acceptors (Lipinski definition) is 8. The van der Waals surface area contributed by atoms with E-state index in [0.717, 1.165) is 3.57 Å². The van der Waals surface area contributed by atoms with E-state index in [9.17, 15) is 14.7 Å². The minimum Gasteiger partial charge on any atom is -0.506 e. The SMILES string of the molecule is CCOC(=O)C1=C(C)N=c2s/c(=C\c3cc(I)cc(I)c3O)c(=O)n2[C@@H]1c1ccc(OC)cc1OC. The first-order chi connectivity index (χ1) is 17.2. The van der Waals surface area contributed by atoms with Crippen molar-refractivity contribution in [2.24, 2.45) is 4.99 Å². The lowest BCUT2D eigenvalue weighted by atomic mass is 9.95. The molecule has 0 spiro atoms. The van der Waals surface area contributed by atoms with Gasteiger partial charge in [-0.1, -0.05) is 11.3 Å². The second-order valence-corrected chi connectivity index (χ2v) is 11.2. The van der Waals surface area contributed by atoms with Crippen LogP contribution in [-0.2, 0) is 9.53 Å². The molecule has 188 valence electrons. The van der Waals surface area contributed by atoms with Gasteiger partial charge in [-0.05, 0) is 89.4 Å².